The summed E-state index contributed by atoms with van der Waals surface area (Å²) >= 11 is 0. The van der Waals surface area contributed by atoms with Crippen LogP contribution < -0.4 is 0 Å². The highest BCUT2D eigenvalue weighted by Crippen LogP contribution is 2.23. The van der Waals surface area contributed by atoms with Gasteiger partial charge in [-0.15, -0.1) is 0 Å². The van der Waals surface area contributed by atoms with Crippen LogP contribution in [-0.2, 0) is 19.3 Å². The number of allylic oxidation sites excluding steroid dienone is 2. The van der Waals surface area contributed by atoms with Gasteiger partial charge in [-0.2, -0.15) is 0 Å². The van der Waals surface area contributed by atoms with Gasteiger partial charge < -0.3 is 0 Å². The number of aromatic nitrogens is 1. The van der Waals surface area contributed by atoms with Crippen molar-refractivity contribution >= 4 is 10.8 Å². The van der Waals surface area contributed by atoms with E-state index in [2.05, 4.69) is 53.2 Å². The van der Waals surface area contributed by atoms with Crippen molar-refractivity contribution in [2.45, 2.75) is 32.6 Å². The molecular formula is C30H25F2N. The fourth-order valence-electron chi connectivity index (χ4n) is 3.76. The molecule has 0 aliphatic carbocycles. The third kappa shape index (κ3) is 5.73. The predicted molar refractivity (Wildman–Crippen MR) is 131 cm³/mol. The van der Waals surface area contributed by atoms with Crippen molar-refractivity contribution in [2.24, 2.45) is 0 Å². The lowest BCUT2D eigenvalue weighted by Gasteiger charge is -2.04. The van der Waals surface area contributed by atoms with Crippen LogP contribution in [0.1, 0.15) is 41.3 Å². The van der Waals surface area contributed by atoms with Gasteiger partial charge in [0.1, 0.15) is 5.69 Å². The Hall–Kier alpha value is -3.77. The summed E-state index contributed by atoms with van der Waals surface area (Å²) in [6.07, 6.45) is 10.2. The maximum atomic E-state index is 14.0. The van der Waals surface area contributed by atoms with E-state index in [9.17, 15) is 8.78 Å². The van der Waals surface area contributed by atoms with Gasteiger partial charge in [0, 0.05) is 22.5 Å². The van der Waals surface area contributed by atoms with E-state index in [1.165, 1.54) is 11.1 Å². The molecule has 4 rings (SSSR count). The summed E-state index contributed by atoms with van der Waals surface area (Å²) in [6, 6.07) is 20.5. The van der Waals surface area contributed by atoms with Gasteiger partial charge in [-0.25, -0.2) is 13.8 Å². The zero-order valence-electron chi connectivity index (χ0n) is 18.6. The van der Waals surface area contributed by atoms with Crippen molar-refractivity contribution in [3.05, 3.63) is 125 Å². The number of hydrogen-bond donors (Lipinski definition) is 0. The first-order valence-electron chi connectivity index (χ1n) is 11.2. The molecule has 0 spiro atoms. The lowest BCUT2D eigenvalue weighted by atomic mass is 10.0. The number of fused-ring (bicyclic) bond motifs is 1. The van der Waals surface area contributed by atoms with E-state index < -0.39 is 11.6 Å². The van der Waals surface area contributed by atoms with Crippen molar-refractivity contribution in [3.8, 4) is 11.8 Å². The van der Waals surface area contributed by atoms with E-state index in [4.69, 9.17) is 0 Å². The van der Waals surface area contributed by atoms with Gasteiger partial charge in [-0.3, -0.25) is 0 Å². The van der Waals surface area contributed by atoms with Crippen LogP contribution in [-0.4, -0.2) is 4.98 Å². The summed E-state index contributed by atoms with van der Waals surface area (Å²) in [5, 5.41) is 0.823. The Bertz CT molecular complexity index is 1320. The lowest BCUT2D eigenvalue weighted by Crippen LogP contribution is -1.94. The third-order valence-corrected chi connectivity index (χ3v) is 5.66. The Balaban J connectivity index is 1.39. The maximum absolute atomic E-state index is 14.0. The average molecular weight is 438 g/mol. The number of pyridine rings is 1. The van der Waals surface area contributed by atoms with Gasteiger partial charge in [-0.05, 0) is 73.4 Å². The van der Waals surface area contributed by atoms with Gasteiger partial charge in [0.25, 0.3) is 0 Å². The molecule has 0 N–H and O–H groups in total. The third-order valence-electron chi connectivity index (χ3n) is 5.66. The second kappa shape index (κ2) is 10.7. The Labute approximate surface area is 193 Å². The Morgan fingerprint density at radius 2 is 1.48 bits per heavy atom. The fourth-order valence-corrected chi connectivity index (χ4v) is 3.76. The van der Waals surface area contributed by atoms with Crippen molar-refractivity contribution in [2.75, 3.05) is 0 Å². The molecule has 0 fully saturated rings. The molecule has 0 aliphatic heterocycles. The Morgan fingerprint density at radius 3 is 2.21 bits per heavy atom. The standard InChI is InChI=1S/C30H25F2N/c1-2-3-4-6-22-9-11-23(12-10-22)13-14-24-15-17-26(33-21-24)18-16-25-7-5-8-28-27(25)19-20-29(31)30(28)32/h2-3,5,7-12,15,17,19-21H,4,6,13-14H2,1H3/b3-2+. The van der Waals surface area contributed by atoms with Crippen molar-refractivity contribution in [1.29, 1.82) is 0 Å². The monoisotopic (exact) mass is 437 g/mol. The Morgan fingerprint density at radius 1 is 0.758 bits per heavy atom. The molecule has 1 heterocycles. The minimum absolute atomic E-state index is 0.232. The van der Waals surface area contributed by atoms with E-state index in [1.807, 2.05) is 25.3 Å². The smallest absolute Gasteiger partial charge is 0.166 e. The largest absolute Gasteiger partial charge is 0.248 e. The second-order valence-corrected chi connectivity index (χ2v) is 7.99. The summed E-state index contributed by atoms with van der Waals surface area (Å²) in [5.41, 5.74) is 5.12. The second-order valence-electron chi connectivity index (χ2n) is 7.99. The number of rotatable bonds is 6. The summed E-state index contributed by atoms with van der Waals surface area (Å²) < 4.78 is 27.5. The molecule has 0 radical (unpaired) electrons. The highest BCUT2D eigenvalue weighted by atomic mass is 19.2. The summed E-state index contributed by atoms with van der Waals surface area (Å²) in [6.45, 7) is 2.05. The summed E-state index contributed by atoms with van der Waals surface area (Å²) in [7, 11) is 0. The van der Waals surface area contributed by atoms with E-state index in [0.29, 0.717) is 16.6 Å². The molecule has 4 aromatic rings. The van der Waals surface area contributed by atoms with Gasteiger partial charge in [0.15, 0.2) is 11.6 Å². The van der Waals surface area contributed by atoms with Gasteiger partial charge in [-0.1, -0.05) is 66.6 Å². The number of halogens is 2. The number of benzene rings is 3. The van der Waals surface area contributed by atoms with Crippen molar-refractivity contribution in [1.82, 2.24) is 4.98 Å². The molecule has 3 aromatic carbocycles. The molecule has 1 aromatic heterocycles. The molecule has 0 saturated heterocycles. The maximum Gasteiger partial charge on any atom is 0.166 e. The molecule has 164 valence electrons. The quantitative estimate of drug-likeness (QED) is 0.229. The van der Waals surface area contributed by atoms with E-state index in [0.717, 1.165) is 37.3 Å². The molecule has 0 atom stereocenters. The summed E-state index contributed by atoms with van der Waals surface area (Å²) in [5.74, 6) is 4.38. The van der Waals surface area contributed by atoms with E-state index >= 15 is 0 Å². The van der Waals surface area contributed by atoms with E-state index in [1.54, 1.807) is 24.3 Å². The van der Waals surface area contributed by atoms with E-state index in [-0.39, 0.29) is 5.39 Å². The van der Waals surface area contributed by atoms with Crippen molar-refractivity contribution < 1.29 is 8.78 Å². The van der Waals surface area contributed by atoms with Crippen LogP contribution in [0.15, 0.2) is 85.1 Å². The molecule has 0 amide bonds. The molecule has 3 heteroatoms. The fraction of sp³-hybridized carbons (Fsp3) is 0.167. The van der Waals surface area contributed by atoms with Crippen LogP contribution in [0.2, 0.25) is 0 Å². The first kappa shape index (κ1) is 22.4. The molecular weight excluding hydrogens is 412 g/mol. The van der Waals surface area contributed by atoms with Crippen LogP contribution >= 0.6 is 0 Å². The van der Waals surface area contributed by atoms with Crippen molar-refractivity contribution in [3.63, 3.8) is 0 Å². The van der Waals surface area contributed by atoms with Crippen LogP contribution in [0.25, 0.3) is 10.8 Å². The number of nitrogens with zero attached hydrogens (tertiary/aromatic N) is 1. The van der Waals surface area contributed by atoms with Gasteiger partial charge in [0.2, 0.25) is 0 Å². The molecule has 1 nitrogen and oxygen atoms in total. The molecule has 0 aliphatic rings. The number of aryl methyl sites for hydroxylation is 3. The van der Waals surface area contributed by atoms with Gasteiger partial charge >= 0.3 is 0 Å². The molecule has 0 bridgehead atoms. The summed E-state index contributed by atoms with van der Waals surface area (Å²) in [4.78, 5) is 4.46. The normalized spacial score (nSPS) is 11.0. The van der Waals surface area contributed by atoms with Crippen LogP contribution in [0.4, 0.5) is 8.78 Å². The van der Waals surface area contributed by atoms with Crippen LogP contribution in [0, 0.1) is 23.5 Å². The zero-order valence-corrected chi connectivity index (χ0v) is 18.6. The topological polar surface area (TPSA) is 12.9 Å². The number of hydrogen-bond acceptors (Lipinski definition) is 1. The SMILES string of the molecule is C/C=C/CCc1ccc(CCc2ccc(C#Cc3cccc4c(F)c(F)ccc34)nc2)cc1. The predicted octanol–water partition coefficient (Wildman–Crippen LogP) is 7.21. The molecule has 0 unspecified atom stereocenters. The van der Waals surface area contributed by atoms with Crippen LogP contribution in [0.5, 0.6) is 0 Å². The molecule has 0 saturated carbocycles. The first-order valence-corrected chi connectivity index (χ1v) is 11.2. The molecule has 33 heavy (non-hydrogen) atoms. The minimum atomic E-state index is -0.856. The average Bonchev–Trinajstić information content (AvgIpc) is 2.85. The minimum Gasteiger partial charge on any atom is -0.248 e. The highest BCUT2D eigenvalue weighted by molar-refractivity contribution is 5.88. The highest BCUT2D eigenvalue weighted by Gasteiger charge is 2.08. The van der Waals surface area contributed by atoms with Gasteiger partial charge in [0.05, 0.1) is 0 Å². The van der Waals surface area contributed by atoms with Crippen LogP contribution in [0.3, 0.4) is 0 Å². The zero-order chi connectivity index (χ0) is 23.0. The first-order chi connectivity index (χ1) is 16.1. The lowest BCUT2D eigenvalue weighted by molar-refractivity contribution is 0.517. The Kier molecular flexibility index (Phi) is 7.27.